The van der Waals surface area contributed by atoms with Gasteiger partial charge in [0.05, 0.1) is 5.92 Å². The molecule has 0 aliphatic heterocycles. The van der Waals surface area contributed by atoms with Gasteiger partial charge in [-0.15, -0.1) is 6.58 Å². The van der Waals surface area contributed by atoms with Gasteiger partial charge in [0, 0.05) is 6.04 Å². The lowest BCUT2D eigenvalue weighted by Gasteiger charge is -2.34. The van der Waals surface area contributed by atoms with E-state index in [1.807, 2.05) is 6.08 Å². The molecule has 20 heavy (non-hydrogen) atoms. The lowest BCUT2D eigenvalue weighted by atomic mass is 9.77. The summed E-state index contributed by atoms with van der Waals surface area (Å²) >= 11 is 0. The van der Waals surface area contributed by atoms with Crippen molar-refractivity contribution in [3.63, 3.8) is 0 Å². The number of hydrazine groups is 1. The molecule has 1 unspecified atom stereocenters. The Balaban J connectivity index is 2.28. The average molecular weight is 292 g/mol. The molecule has 1 aliphatic rings. The van der Waals surface area contributed by atoms with E-state index in [1.165, 1.54) is 0 Å². The average Bonchev–Trinajstić information content (AvgIpc) is 2.42. The molecule has 5 heteroatoms. The Morgan fingerprint density at radius 2 is 1.80 bits per heavy atom. The van der Waals surface area contributed by atoms with Crippen LogP contribution in [0.2, 0.25) is 0 Å². The Morgan fingerprint density at radius 3 is 2.30 bits per heavy atom. The first-order valence-electron chi connectivity index (χ1n) is 7.62. The highest BCUT2D eigenvalue weighted by molar-refractivity contribution is 4.83. The molecule has 1 saturated carbocycles. The number of nitrogens with one attached hydrogen (secondary N) is 1. The Kier molecular flexibility index (Phi) is 7.59. The van der Waals surface area contributed by atoms with Gasteiger partial charge in [0.2, 0.25) is 0 Å². The van der Waals surface area contributed by atoms with Gasteiger partial charge in [-0.1, -0.05) is 18.9 Å². The maximum absolute atomic E-state index is 12.6. The Morgan fingerprint density at radius 1 is 1.15 bits per heavy atom. The van der Waals surface area contributed by atoms with E-state index in [4.69, 9.17) is 5.84 Å². The molecule has 0 aromatic heterocycles. The third-order valence-electron chi connectivity index (χ3n) is 4.44. The molecule has 1 fully saturated rings. The van der Waals surface area contributed by atoms with Crippen molar-refractivity contribution in [1.29, 1.82) is 0 Å². The molecular weight excluding hydrogens is 265 g/mol. The summed E-state index contributed by atoms with van der Waals surface area (Å²) in [5.41, 5.74) is 2.81. The van der Waals surface area contributed by atoms with Crippen molar-refractivity contribution in [2.24, 2.45) is 17.7 Å². The van der Waals surface area contributed by atoms with Gasteiger partial charge in [0.1, 0.15) is 0 Å². The van der Waals surface area contributed by atoms with Crippen molar-refractivity contribution in [1.82, 2.24) is 5.43 Å². The van der Waals surface area contributed by atoms with Crippen molar-refractivity contribution in [3.8, 4) is 0 Å². The van der Waals surface area contributed by atoms with Gasteiger partial charge in [0.25, 0.3) is 0 Å². The van der Waals surface area contributed by atoms with E-state index in [9.17, 15) is 13.2 Å². The van der Waals surface area contributed by atoms with Crippen LogP contribution in [0.25, 0.3) is 0 Å². The summed E-state index contributed by atoms with van der Waals surface area (Å²) in [6, 6.07) is 0.160. The molecule has 0 spiro atoms. The Bertz CT molecular complexity index is 271. The third-order valence-corrected chi connectivity index (χ3v) is 4.44. The van der Waals surface area contributed by atoms with Gasteiger partial charge in [-0.25, -0.2) is 0 Å². The van der Waals surface area contributed by atoms with E-state index in [-0.39, 0.29) is 24.8 Å². The van der Waals surface area contributed by atoms with Gasteiger partial charge < -0.3 is 0 Å². The van der Waals surface area contributed by atoms with Crippen molar-refractivity contribution in [2.45, 2.75) is 70.0 Å². The smallest absolute Gasteiger partial charge is 0.271 e. The Hall–Kier alpha value is -0.550. The molecule has 0 bridgehead atoms. The van der Waals surface area contributed by atoms with Crippen LogP contribution in [0.3, 0.4) is 0 Å². The Labute approximate surface area is 120 Å². The van der Waals surface area contributed by atoms with E-state index in [2.05, 4.69) is 12.0 Å². The van der Waals surface area contributed by atoms with Crippen molar-refractivity contribution >= 4 is 0 Å². The van der Waals surface area contributed by atoms with Gasteiger partial charge in [-0.2, -0.15) is 13.2 Å². The largest absolute Gasteiger partial charge is 0.391 e. The van der Waals surface area contributed by atoms with Crippen LogP contribution in [0.4, 0.5) is 13.2 Å². The number of unbranched alkanes of at least 4 members (excludes halogenated alkanes) is 3. The molecular formula is C15H27F3N2. The minimum Gasteiger partial charge on any atom is -0.271 e. The van der Waals surface area contributed by atoms with E-state index < -0.39 is 12.1 Å². The molecule has 118 valence electrons. The fraction of sp³-hybridized carbons (Fsp3) is 0.867. The van der Waals surface area contributed by atoms with Crippen LogP contribution in [0.15, 0.2) is 12.7 Å². The third kappa shape index (κ3) is 5.83. The molecule has 2 nitrogen and oxygen atoms in total. The molecule has 1 aliphatic carbocycles. The second-order valence-corrected chi connectivity index (χ2v) is 5.85. The first-order valence-corrected chi connectivity index (χ1v) is 7.62. The molecule has 0 heterocycles. The van der Waals surface area contributed by atoms with Gasteiger partial charge in [-0.05, 0) is 50.9 Å². The highest BCUT2D eigenvalue weighted by Gasteiger charge is 2.42. The lowest BCUT2D eigenvalue weighted by molar-refractivity contribution is -0.184. The van der Waals surface area contributed by atoms with Crippen molar-refractivity contribution in [3.05, 3.63) is 12.7 Å². The maximum Gasteiger partial charge on any atom is 0.391 e. The monoisotopic (exact) mass is 292 g/mol. The molecule has 0 saturated heterocycles. The molecule has 0 amide bonds. The first kappa shape index (κ1) is 17.5. The number of rotatable bonds is 8. The van der Waals surface area contributed by atoms with Gasteiger partial charge in [-0.3, -0.25) is 11.3 Å². The molecule has 0 aromatic rings. The van der Waals surface area contributed by atoms with Crippen LogP contribution in [0.1, 0.15) is 57.8 Å². The summed E-state index contributed by atoms with van der Waals surface area (Å²) in [5, 5.41) is 0. The molecule has 0 radical (unpaired) electrons. The zero-order chi connectivity index (χ0) is 15.0. The predicted octanol–water partition coefficient (Wildman–Crippen LogP) is 4.32. The molecule has 3 N–H and O–H groups in total. The summed E-state index contributed by atoms with van der Waals surface area (Å²) in [5.74, 6) is 4.76. The fourth-order valence-corrected chi connectivity index (χ4v) is 3.13. The van der Waals surface area contributed by atoms with Crippen molar-refractivity contribution < 1.29 is 13.2 Å². The van der Waals surface area contributed by atoms with Crippen LogP contribution < -0.4 is 11.3 Å². The normalized spacial score (nSPS) is 25.4. The van der Waals surface area contributed by atoms with E-state index >= 15 is 0 Å². The van der Waals surface area contributed by atoms with E-state index in [0.717, 1.165) is 32.1 Å². The molecule has 1 atom stereocenters. The highest BCUT2D eigenvalue weighted by Crippen LogP contribution is 2.40. The number of halogens is 3. The topological polar surface area (TPSA) is 38.0 Å². The summed E-state index contributed by atoms with van der Waals surface area (Å²) in [6.07, 6.45) is 4.96. The first-order chi connectivity index (χ1) is 9.49. The van der Waals surface area contributed by atoms with Crippen molar-refractivity contribution in [2.75, 3.05) is 0 Å². The summed E-state index contributed by atoms with van der Waals surface area (Å²) in [6.45, 7) is 3.69. The zero-order valence-corrected chi connectivity index (χ0v) is 12.1. The van der Waals surface area contributed by atoms with Crippen LogP contribution in [0, 0.1) is 11.8 Å². The SMILES string of the molecule is C=CCCCCCC(NN)C1CCC(C(F)(F)F)CC1. The van der Waals surface area contributed by atoms with Crippen LogP contribution >= 0.6 is 0 Å². The predicted molar refractivity (Wildman–Crippen MR) is 75.9 cm³/mol. The minimum absolute atomic E-state index is 0.160. The maximum atomic E-state index is 12.6. The quantitative estimate of drug-likeness (QED) is 0.302. The summed E-state index contributed by atoms with van der Waals surface area (Å²) in [7, 11) is 0. The standard InChI is InChI=1S/C15H27F3N2/c1-2-3-4-5-6-7-14(20-19)12-8-10-13(11-9-12)15(16,17)18/h2,12-14,20H,1,3-11,19H2. The zero-order valence-electron chi connectivity index (χ0n) is 12.1. The fourth-order valence-electron chi connectivity index (χ4n) is 3.13. The molecule has 0 aromatic carbocycles. The summed E-state index contributed by atoms with van der Waals surface area (Å²) in [4.78, 5) is 0. The van der Waals surface area contributed by atoms with E-state index in [0.29, 0.717) is 12.8 Å². The highest BCUT2D eigenvalue weighted by atomic mass is 19.4. The number of hydrogen-bond acceptors (Lipinski definition) is 2. The molecule has 1 rings (SSSR count). The van der Waals surface area contributed by atoms with Crippen LogP contribution in [-0.4, -0.2) is 12.2 Å². The number of hydrogen-bond donors (Lipinski definition) is 2. The summed E-state index contributed by atoms with van der Waals surface area (Å²) < 4.78 is 37.9. The second kappa shape index (κ2) is 8.67. The van der Waals surface area contributed by atoms with E-state index in [1.54, 1.807) is 0 Å². The lowest BCUT2D eigenvalue weighted by Crippen LogP contribution is -2.43. The van der Waals surface area contributed by atoms with Gasteiger partial charge in [0.15, 0.2) is 0 Å². The van der Waals surface area contributed by atoms with Crippen LogP contribution in [-0.2, 0) is 0 Å². The van der Waals surface area contributed by atoms with Gasteiger partial charge >= 0.3 is 6.18 Å². The minimum atomic E-state index is -4.03. The number of allylic oxidation sites excluding steroid dienone is 1. The second-order valence-electron chi connectivity index (χ2n) is 5.85. The van der Waals surface area contributed by atoms with Crippen LogP contribution in [0.5, 0.6) is 0 Å². The number of nitrogens with two attached hydrogens (primary N) is 1. The number of alkyl halides is 3.